The fraction of sp³-hybridized carbons (Fsp3) is 0.353. The molecule has 1 saturated carbocycles. The van der Waals surface area contributed by atoms with Crippen LogP contribution in [0.1, 0.15) is 37.2 Å². The first kappa shape index (κ1) is 13.9. The predicted octanol–water partition coefficient (Wildman–Crippen LogP) is 4.10. The quantitative estimate of drug-likeness (QED) is 0.848. The van der Waals surface area contributed by atoms with Crippen LogP contribution in [0.5, 0.6) is 0 Å². The Morgan fingerprint density at radius 3 is 2.57 bits per heavy atom. The first-order chi connectivity index (χ1) is 10.1. The van der Waals surface area contributed by atoms with Crippen molar-refractivity contribution in [1.82, 2.24) is 4.90 Å². The zero-order valence-electron chi connectivity index (χ0n) is 12.2. The second kappa shape index (κ2) is 5.35. The van der Waals surface area contributed by atoms with Gasteiger partial charge in [0.05, 0.1) is 5.56 Å². The molecule has 0 saturated heterocycles. The molecule has 1 aromatic heterocycles. The van der Waals surface area contributed by atoms with Crippen LogP contribution in [-0.2, 0) is 0 Å². The lowest BCUT2D eigenvalue weighted by Crippen LogP contribution is -2.38. The standard InChI is InChI=1S/C17H18FNO2/c1-11(2)19(12-7-8-12)17(20)16-10-9-15(21-16)13-5-3-4-6-14(13)18/h3-6,9-12H,7-8H2,1-2H3. The molecule has 2 aromatic rings. The maximum absolute atomic E-state index is 13.8. The second-order valence-corrected chi connectivity index (χ2v) is 5.68. The van der Waals surface area contributed by atoms with Crippen molar-refractivity contribution in [3.8, 4) is 11.3 Å². The zero-order chi connectivity index (χ0) is 15.0. The zero-order valence-corrected chi connectivity index (χ0v) is 12.2. The topological polar surface area (TPSA) is 33.5 Å². The van der Waals surface area contributed by atoms with Crippen LogP contribution in [0.3, 0.4) is 0 Å². The maximum Gasteiger partial charge on any atom is 0.290 e. The summed E-state index contributed by atoms with van der Waals surface area (Å²) in [6.45, 7) is 3.99. The van der Waals surface area contributed by atoms with Gasteiger partial charge in [-0.15, -0.1) is 0 Å². The van der Waals surface area contributed by atoms with Crippen LogP contribution in [-0.4, -0.2) is 22.9 Å². The maximum atomic E-state index is 13.8. The SMILES string of the molecule is CC(C)N(C(=O)c1ccc(-c2ccccc2F)o1)C1CC1. The number of hydrogen-bond acceptors (Lipinski definition) is 2. The van der Waals surface area contributed by atoms with Crippen LogP contribution < -0.4 is 0 Å². The van der Waals surface area contributed by atoms with Crippen LogP contribution >= 0.6 is 0 Å². The number of amides is 1. The molecular weight excluding hydrogens is 269 g/mol. The van der Waals surface area contributed by atoms with Gasteiger partial charge < -0.3 is 9.32 Å². The fourth-order valence-corrected chi connectivity index (χ4v) is 2.56. The lowest BCUT2D eigenvalue weighted by atomic mass is 10.1. The number of carbonyl (C=O) groups is 1. The lowest BCUT2D eigenvalue weighted by Gasteiger charge is -2.25. The average Bonchev–Trinajstić information content (AvgIpc) is 3.15. The highest BCUT2D eigenvalue weighted by molar-refractivity contribution is 5.92. The van der Waals surface area contributed by atoms with E-state index in [1.54, 1.807) is 30.3 Å². The summed E-state index contributed by atoms with van der Waals surface area (Å²) in [5.41, 5.74) is 0.374. The molecule has 0 bridgehead atoms. The van der Waals surface area contributed by atoms with E-state index in [2.05, 4.69) is 0 Å². The molecule has 0 aliphatic heterocycles. The Morgan fingerprint density at radius 2 is 1.95 bits per heavy atom. The van der Waals surface area contributed by atoms with Crippen molar-refractivity contribution in [1.29, 1.82) is 0 Å². The van der Waals surface area contributed by atoms with Gasteiger partial charge in [-0.1, -0.05) is 12.1 Å². The summed E-state index contributed by atoms with van der Waals surface area (Å²) >= 11 is 0. The summed E-state index contributed by atoms with van der Waals surface area (Å²) in [7, 11) is 0. The average molecular weight is 287 g/mol. The summed E-state index contributed by atoms with van der Waals surface area (Å²) < 4.78 is 19.3. The molecule has 0 radical (unpaired) electrons. The molecule has 0 atom stereocenters. The lowest BCUT2D eigenvalue weighted by molar-refractivity contribution is 0.0658. The normalized spacial score (nSPS) is 14.5. The van der Waals surface area contributed by atoms with Gasteiger partial charge in [0.1, 0.15) is 11.6 Å². The van der Waals surface area contributed by atoms with E-state index in [4.69, 9.17) is 4.42 Å². The predicted molar refractivity (Wildman–Crippen MR) is 78.4 cm³/mol. The molecule has 1 aliphatic rings. The first-order valence-corrected chi connectivity index (χ1v) is 7.25. The molecule has 1 heterocycles. The molecule has 0 spiro atoms. The Kier molecular flexibility index (Phi) is 3.53. The number of rotatable bonds is 4. The van der Waals surface area contributed by atoms with Gasteiger partial charge in [-0.3, -0.25) is 4.79 Å². The summed E-state index contributed by atoms with van der Waals surface area (Å²) in [5.74, 6) is 0.189. The van der Waals surface area contributed by atoms with E-state index in [0.29, 0.717) is 17.4 Å². The van der Waals surface area contributed by atoms with Gasteiger partial charge in [0.15, 0.2) is 5.76 Å². The van der Waals surface area contributed by atoms with Gasteiger partial charge >= 0.3 is 0 Å². The monoisotopic (exact) mass is 287 g/mol. The van der Waals surface area contributed by atoms with E-state index < -0.39 is 0 Å². The van der Waals surface area contributed by atoms with Crippen LogP contribution in [0, 0.1) is 5.82 Å². The van der Waals surface area contributed by atoms with Crippen LogP contribution in [0.4, 0.5) is 4.39 Å². The molecule has 1 aliphatic carbocycles. The van der Waals surface area contributed by atoms with Crippen molar-refractivity contribution >= 4 is 5.91 Å². The number of benzene rings is 1. The Balaban J connectivity index is 1.88. The van der Waals surface area contributed by atoms with Crippen molar-refractivity contribution < 1.29 is 13.6 Å². The Labute approximate surface area is 123 Å². The van der Waals surface area contributed by atoms with Crippen molar-refractivity contribution in [2.24, 2.45) is 0 Å². The first-order valence-electron chi connectivity index (χ1n) is 7.25. The van der Waals surface area contributed by atoms with Gasteiger partial charge in [0.2, 0.25) is 0 Å². The third-order valence-corrected chi connectivity index (χ3v) is 3.69. The van der Waals surface area contributed by atoms with E-state index in [9.17, 15) is 9.18 Å². The van der Waals surface area contributed by atoms with Crippen molar-refractivity contribution in [2.45, 2.75) is 38.8 Å². The van der Waals surface area contributed by atoms with Crippen molar-refractivity contribution in [3.05, 3.63) is 48.0 Å². The molecule has 0 N–H and O–H groups in total. The van der Waals surface area contributed by atoms with Gasteiger partial charge in [-0.05, 0) is 51.0 Å². The summed E-state index contributed by atoms with van der Waals surface area (Å²) in [4.78, 5) is 14.4. The van der Waals surface area contributed by atoms with E-state index in [1.807, 2.05) is 18.7 Å². The largest absolute Gasteiger partial charge is 0.451 e. The number of nitrogens with zero attached hydrogens (tertiary/aromatic N) is 1. The van der Waals surface area contributed by atoms with Crippen LogP contribution in [0.25, 0.3) is 11.3 Å². The number of furan rings is 1. The summed E-state index contributed by atoms with van der Waals surface area (Å²) in [6, 6.07) is 10.1. The highest BCUT2D eigenvalue weighted by Gasteiger charge is 2.35. The van der Waals surface area contributed by atoms with Gasteiger partial charge in [-0.25, -0.2) is 4.39 Å². The number of halogens is 1. The van der Waals surface area contributed by atoms with Gasteiger partial charge in [-0.2, -0.15) is 0 Å². The number of hydrogen-bond donors (Lipinski definition) is 0. The number of carbonyl (C=O) groups excluding carboxylic acids is 1. The summed E-state index contributed by atoms with van der Waals surface area (Å²) in [6.07, 6.45) is 2.09. The molecule has 0 unspecified atom stereocenters. The van der Waals surface area contributed by atoms with Crippen molar-refractivity contribution in [2.75, 3.05) is 0 Å². The molecule has 1 aromatic carbocycles. The molecule has 3 nitrogen and oxygen atoms in total. The Hall–Kier alpha value is -2.10. The Morgan fingerprint density at radius 1 is 1.24 bits per heavy atom. The smallest absolute Gasteiger partial charge is 0.290 e. The van der Waals surface area contributed by atoms with Crippen LogP contribution in [0.15, 0.2) is 40.8 Å². The van der Waals surface area contributed by atoms with E-state index in [0.717, 1.165) is 12.8 Å². The molecule has 1 fully saturated rings. The highest BCUT2D eigenvalue weighted by atomic mass is 19.1. The van der Waals surface area contributed by atoms with Gasteiger partial charge in [0.25, 0.3) is 5.91 Å². The highest BCUT2D eigenvalue weighted by Crippen LogP contribution is 2.31. The third kappa shape index (κ3) is 2.71. The minimum absolute atomic E-state index is 0.116. The molecule has 110 valence electrons. The van der Waals surface area contributed by atoms with E-state index in [-0.39, 0.29) is 23.5 Å². The molecule has 1 amide bonds. The fourth-order valence-electron chi connectivity index (χ4n) is 2.56. The van der Waals surface area contributed by atoms with Crippen LogP contribution in [0.2, 0.25) is 0 Å². The van der Waals surface area contributed by atoms with Gasteiger partial charge in [0, 0.05) is 12.1 Å². The van der Waals surface area contributed by atoms with E-state index >= 15 is 0 Å². The molecular formula is C17H18FNO2. The minimum atomic E-state index is -0.353. The minimum Gasteiger partial charge on any atom is -0.451 e. The molecule has 21 heavy (non-hydrogen) atoms. The molecule has 3 rings (SSSR count). The summed E-state index contributed by atoms with van der Waals surface area (Å²) in [5, 5.41) is 0. The van der Waals surface area contributed by atoms with Crippen molar-refractivity contribution in [3.63, 3.8) is 0 Å². The van der Waals surface area contributed by atoms with E-state index in [1.165, 1.54) is 6.07 Å². The Bertz CT molecular complexity index is 656. The molecule has 4 heteroatoms. The second-order valence-electron chi connectivity index (χ2n) is 5.68. The third-order valence-electron chi connectivity index (χ3n) is 3.69.